The lowest BCUT2D eigenvalue weighted by atomic mass is 9.93. The van der Waals surface area contributed by atoms with Crippen LogP contribution < -0.4 is 0 Å². The van der Waals surface area contributed by atoms with Crippen LogP contribution in [0.2, 0.25) is 0 Å². The summed E-state index contributed by atoms with van der Waals surface area (Å²) in [5.41, 5.74) is 0.966. The van der Waals surface area contributed by atoms with Gasteiger partial charge in [-0.25, -0.2) is 4.98 Å². The van der Waals surface area contributed by atoms with Crippen LogP contribution in [0.25, 0.3) is 0 Å². The van der Waals surface area contributed by atoms with Gasteiger partial charge in [-0.05, 0) is 31.7 Å². The summed E-state index contributed by atoms with van der Waals surface area (Å²) in [4.78, 5) is 19.1. The highest BCUT2D eigenvalue weighted by molar-refractivity contribution is 5.85. The first-order valence-corrected chi connectivity index (χ1v) is 8.01. The van der Waals surface area contributed by atoms with Gasteiger partial charge in [-0.1, -0.05) is 0 Å². The summed E-state index contributed by atoms with van der Waals surface area (Å²) < 4.78 is 2.03. The molecule has 2 aromatic heterocycles. The standard InChI is InChI=1S/C16H21N5O/c22-15(16(4-5-16)11-20-9-7-17-12-20)21-8-1-2-13(10-21)14-3-6-18-19-14/h3,6-7,9,12-13H,1-2,4-5,8,10-11H2,(H,18,19)/t13-/m0/s1. The average molecular weight is 299 g/mol. The maximum Gasteiger partial charge on any atom is 0.230 e. The molecule has 2 fully saturated rings. The van der Waals surface area contributed by atoms with Crippen molar-refractivity contribution in [1.82, 2.24) is 24.6 Å². The van der Waals surface area contributed by atoms with Crippen LogP contribution in [0.1, 0.15) is 37.3 Å². The van der Waals surface area contributed by atoms with E-state index >= 15 is 0 Å². The summed E-state index contributed by atoms with van der Waals surface area (Å²) >= 11 is 0. The van der Waals surface area contributed by atoms with Gasteiger partial charge in [-0.2, -0.15) is 5.10 Å². The summed E-state index contributed by atoms with van der Waals surface area (Å²) in [6.45, 7) is 2.46. The zero-order chi connectivity index (χ0) is 15.0. The van der Waals surface area contributed by atoms with Crippen molar-refractivity contribution in [3.05, 3.63) is 36.7 Å². The molecule has 1 atom stereocenters. The summed E-state index contributed by atoms with van der Waals surface area (Å²) in [5, 5.41) is 7.10. The van der Waals surface area contributed by atoms with Crippen molar-refractivity contribution in [2.24, 2.45) is 5.41 Å². The van der Waals surface area contributed by atoms with E-state index in [0.29, 0.717) is 11.8 Å². The Balaban J connectivity index is 1.46. The summed E-state index contributed by atoms with van der Waals surface area (Å²) in [6.07, 6.45) is 11.5. The smallest absolute Gasteiger partial charge is 0.230 e. The van der Waals surface area contributed by atoms with Crippen molar-refractivity contribution < 1.29 is 4.79 Å². The van der Waals surface area contributed by atoms with Crippen LogP contribution in [0, 0.1) is 5.41 Å². The van der Waals surface area contributed by atoms with Gasteiger partial charge in [0.2, 0.25) is 5.91 Å². The third-order valence-corrected chi connectivity index (χ3v) is 5.02. The molecule has 0 bridgehead atoms. The summed E-state index contributed by atoms with van der Waals surface area (Å²) in [6, 6.07) is 2.02. The Bertz CT molecular complexity index is 630. The number of rotatable bonds is 4. The van der Waals surface area contributed by atoms with Crippen molar-refractivity contribution in [2.75, 3.05) is 13.1 Å². The van der Waals surface area contributed by atoms with Crippen LogP contribution in [0.4, 0.5) is 0 Å². The highest BCUT2D eigenvalue weighted by Gasteiger charge is 2.52. The molecular weight excluding hydrogens is 278 g/mol. The second-order valence-electron chi connectivity index (χ2n) is 6.62. The molecule has 0 spiro atoms. The number of aromatic nitrogens is 4. The lowest BCUT2D eigenvalue weighted by Crippen LogP contribution is -2.44. The highest BCUT2D eigenvalue weighted by Crippen LogP contribution is 2.49. The minimum absolute atomic E-state index is 0.184. The number of aromatic amines is 1. The topological polar surface area (TPSA) is 66.8 Å². The predicted octanol–water partition coefficient (Wildman–Crippen LogP) is 1.79. The molecule has 0 aromatic carbocycles. The molecule has 3 heterocycles. The van der Waals surface area contributed by atoms with Crippen LogP contribution in [-0.4, -0.2) is 43.6 Å². The lowest BCUT2D eigenvalue weighted by Gasteiger charge is -2.35. The monoisotopic (exact) mass is 299 g/mol. The Kier molecular flexibility index (Phi) is 3.24. The van der Waals surface area contributed by atoms with Crippen molar-refractivity contribution >= 4 is 5.91 Å². The number of piperidine rings is 1. The van der Waals surface area contributed by atoms with E-state index in [1.165, 1.54) is 0 Å². The predicted molar refractivity (Wildman–Crippen MR) is 81.0 cm³/mol. The van der Waals surface area contributed by atoms with E-state index in [1.54, 1.807) is 18.7 Å². The van der Waals surface area contributed by atoms with Crippen LogP contribution >= 0.6 is 0 Å². The zero-order valence-corrected chi connectivity index (χ0v) is 12.6. The van der Waals surface area contributed by atoms with Crippen LogP contribution in [0.3, 0.4) is 0 Å². The highest BCUT2D eigenvalue weighted by atomic mass is 16.2. The molecule has 1 aliphatic heterocycles. The van der Waals surface area contributed by atoms with Gasteiger partial charge in [0.25, 0.3) is 0 Å². The molecule has 2 aliphatic rings. The SMILES string of the molecule is O=C(N1CCC[C@H](c2ccn[nH]2)C1)C1(Cn2ccnc2)CC1. The van der Waals surface area contributed by atoms with Crippen LogP contribution in [0.15, 0.2) is 31.0 Å². The minimum atomic E-state index is -0.184. The van der Waals surface area contributed by atoms with Gasteiger partial charge in [0.1, 0.15) is 0 Å². The normalized spacial score (nSPS) is 23.5. The van der Waals surface area contributed by atoms with Gasteiger partial charge in [0.15, 0.2) is 0 Å². The molecule has 4 rings (SSSR count). The van der Waals surface area contributed by atoms with Crippen molar-refractivity contribution in [3.8, 4) is 0 Å². The molecule has 22 heavy (non-hydrogen) atoms. The largest absolute Gasteiger partial charge is 0.341 e. The maximum atomic E-state index is 13.0. The molecule has 2 aromatic rings. The fourth-order valence-corrected chi connectivity index (χ4v) is 3.57. The third-order valence-electron chi connectivity index (χ3n) is 5.02. The van der Waals surface area contributed by atoms with Gasteiger partial charge in [-0.3, -0.25) is 9.89 Å². The van der Waals surface area contributed by atoms with Gasteiger partial charge in [0, 0.05) is 49.8 Å². The summed E-state index contributed by atoms with van der Waals surface area (Å²) in [7, 11) is 0. The number of hydrogen-bond donors (Lipinski definition) is 1. The molecule has 1 saturated carbocycles. The molecule has 0 unspecified atom stereocenters. The molecule has 1 amide bonds. The van der Waals surface area contributed by atoms with E-state index in [-0.39, 0.29) is 5.41 Å². The first kappa shape index (κ1) is 13.5. The van der Waals surface area contributed by atoms with Crippen molar-refractivity contribution in [2.45, 2.75) is 38.1 Å². The maximum absolute atomic E-state index is 13.0. The minimum Gasteiger partial charge on any atom is -0.341 e. The Morgan fingerprint density at radius 3 is 3.00 bits per heavy atom. The molecule has 6 nitrogen and oxygen atoms in total. The van der Waals surface area contributed by atoms with E-state index in [0.717, 1.165) is 51.0 Å². The lowest BCUT2D eigenvalue weighted by molar-refractivity contribution is -0.138. The van der Waals surface area contributed by atoms with Crippen molar-refractivity contribution in [1.29, 1.82) is 0 Å². The fraction of sp³-hybridized carbons (Fsp3) is 0.562. The van der Waals surface area contributed by atoms with Gasteiger partial charge in [-0.15, -0.1) is 0 Å². The Morgan fingerprint density at radius 2 is 2.32 bits per heavy atom. The molecule has 1 aliphatic carbocycles. The number of imidazole rings is 1. The average Bonchev–Trinajstić information content (AvgIpc) is 2.98. The second-order valence-corrected chi connectivity index (χ2v) is 6.62. The number of nitrogens with zero attached hydrogens (tertiary/aromatic N) is 4. The molecule has 1 N–H and O–H groups in total. The number of H-pyrrole nitrogens is 1. The number of amides is 1. The van der Waals surface area contributed by atoms with Crippen LogP contribution in [0.5, 0.6) is 0 Å². The van der Waals surface area contributed by atoms with Gasteiger partial charge >= 0.3 is 0 Å². The zero-order valence-electron chi connectivity index (χ0n) is 12.6. The molecule has 116 valence electrons. The van der Waals surface area contributed by atoms with Crippen molar-refractivity contribution in [3.63, 3.8) is 0 Å². The van der Waals surface area contributed by atoms with E-state index < -0.39 is 0 Å². The van der Waals surface area contributed by atoms with E-state index in [2.05, 4.69) is 20.1 Å². The quantitative estimate of drug-likeness (QED) is 0.936. The van der Waals surface area contributed by atoms with Gasteiger partial charge < -0.3 is 9.47 Å². The summed E-state index contributed by atoms with van der Waals surface area (Å²) in [5.74, 6) is 0.717. The Hall–Kier alpha value is -2.11. The number of likely N-dealkylation sites (tertiary alicyclic amines) is 1. The first-order chi connectivity index (χ1) is 10.8. The number of carbonyl (C=O) groups is 1. The second kappa shape index (κ2) is 5.26. The number of hydrogen-bond acceptors (Lipinski definition) is 3. The number of carbonyl (C=O) groups excluding carboxylic acids is 1. The molecule has 6 heteroatoms. The number of nitrogens with one attached hydrogen (secondary N) is 1. The van der Waals surface area contributed by atoms with E-state index in [9.17, 15) is 4.79 Å². The Morgan fingerprint density at radius 1 is 1.41 bits per heavy atom. The molecule has 1 saturated heterocycles. The molecular formula is C16H21N5O. The fourth-order valence-electron chi connectivity index (χ4n) is 3.57. The van der Waals surface area contributed by atoms with E-state index in [4.69, 9.17) is 0 Å². The third kappa shape index (κ3) is 2.42. The first-order valence-electron chi connectivity index (χ1n) is 8.01. The molecule has 0 radical (unpaired) electrons. The van der Waals surface area contributed by atoms with Crippen LogP contribution in [-0.2, 0) is 11.3 Å². The Labute approximate surface area is 129 Å². The van der Waals surface area contributed by atoms with Gasteiger partial charge in [0.05, 0.1) is 11.7 Å². The van der Waals surface area contributed by atoms with E-state index in [1.807, 2.05) is 16.8 Å².